The van der Waals surface area contributed by atoms with E-state index in [0.717, 1.165) is 16.9 Å². The SMILES string of the molecule is CO/N=C(/c1ccccc1OCc1ccc(C)cc1)n1ccnc1. The molecule has 0 bridgehead atoms. The molecular formula is C19H19N3O2. The van der Waals surface area contributed by atoms with Gasteiger partial charge in [-0.05, 0) is 24.6 Å². The number of nitrogens with zero attached hydrogens (tertiary/aromatic N) is 3. The van der Waals surface area contributed by atoms with Crippen molar-refractivity contribution in [3.63, 3.8) is 0 Å². The Morgan fingerprint density at radius 3 is 2.62 bits per heavy atom. The summed E-state index contributed by atoms with van der Waals surface area (Å²) in [5, 5.41) is 4.12. The van der Waals surface area contributed by atoms with Crippen LogP contribution in [0.15, 0.2) is 72.4 Å². The first-order valence-corrected chi connectivity index (χ1v) is 7.65. The first kappa shape index (κ1) is 15.8. The Kier molecular flexibility index (Phi) is 4.91. The number of imidazole rings is 1. The maximum atomic E-state index is 6.02. The fourth-order valence-corrected chi connectivity index (χ4v) is 2.33. The zero-order valence-corrected chi connectivity index (χ0v) is 13.7. The van der Waals surface area contributed by atoms with E-state index in [0.29, 0.717) is 12.4 Å². The fourth-order valence-electron chi connectivity index (χ4n) is 2.33. The fraction of sp³-hybridized carbons (Fsp3) is 0.158. The number of hydrogen-bond donors (Lipinski definition) is 0. The summed E-state index contributed by atoms with van der Waals surface area (Å²) in [7, 11) is 1.52. The minimum atomic E-state index is 0.488. The lowest BCUT2D eigenvalue weighted by atomic mass is 10.1. The molecule has 0 amide bonds. The summed E-state index contributed by atoms with van der Waals surface area (Å²) in [6.07, 6.45) is 5.18. The number of aromatic nitrogens is 2. The van der Waals surface area contributed by atoms with E-state index in [2.05, 4.69) is 41.3 Å². The zero-order valence-electron chi connectivity index (χ0n) is 13.7. The second kappa shape index (κ2) is 7.46. The lowest BCUT2D eigenvalue weighted by Crippen LogP contribution is -2.14. The molecule has 0 atom stereocenters. The third kappa shape index (κ3) is 3.63. The molecule has 0 N–H and O–H groups in total. The Labute approximate surface area is 141 Å². The van der Waals surface area contributed by atoms with E-state index in [4.69, 9.17) is 9.57 Å². The normalized spacial score (nSPS) is 11.3. The molecule has 0 aliphatic heterocycles. The summed E-state index contributed by atoms with van der Waals surface area (Å²) < 4.78 is 7.81. The molecule has 0 radical (unpaired) electrons. The maximum absolute atomic E-state index is 6.02. The number of oxime groups is 1. The van der Waals surface area contributed by atoms with Crippen LogP contribution in [0.4, 0.5) is 0 Å². The van der Waals surface area contributed by atoms with Crippen molar-refractivity contribution in [2.24, 2.45) is 5.16 Å². The zero-order chi connectivity index (χ0) is 16.8. The molecule has 0 aliphatic carbocycles. The third-order valence-corrected chi connectivity index (χ3v) is 3.57. The van der Waals surface area contributed by atoms with Crippen molar-refractivity contribution in [2.75, 3.05) is 7.11 Å². The summed E-state index contributed by atoms with van der Waals surface area (Å²) >= 11 is 0. The average molecular weight is 321 g/mol. The lowest BCUT2D eigenvalue weighted by Gasteiger charge is -2.13. The lowest BCUT2D eigenvalue weighted by molar-refractivity contribution is 0.212. The van der Waals surface area contributed by atoms with E-state index in [-0.39, 0.29) is 0 Å². The molecular weight excluding hydrogens is 302 g/mol. The van der Waals surface area contributed by atoms with Crippen LogP contribution in [-0.4, -0.2) is 22.5 Å². The van der Waals surface area contributed by atoms with Crippen LogP contribution >= 0.6 is 0 Å². The summed E-state index contributed by atoms with van der Waals surface area (Å²) in [4.78, 5) is 9.07. The summed E-state index contributed by atoms with van der Waals surface area (Å²) in [6.45, 7) is 2.56. The smallest absolute Gasteiger partial charge is 0.188 e. The molecule has 5 heteroatoms. The molecule has 0 aliphatic rings. The van der Waals surface area contributed by atoms with Crippen LogP contribution < -0.4 is 4.74 Å². The van der Waals surface area contributed by atoms with Crippen molar-refractivity contribution in [3.05, 3.63) is 83.9 Å². The second-order valence-electron chi connectivity index (χ2n) is 5.34. The highest BCUT2D eigenvalue weighted by molar-refractivity contribution is 6.02. The van der Waals surface area contributed by atoms with Gasteiger partial charge in [0.15, 0.2) is 5.84 Å². The number of para-hydroxylation sites is 1. The van der Waals surface area contributed by atoms with E-state index in [1.54, 1.807) is 17.1 Å². The molecule has 3 aromatic rings. The van der Waals surface area contributed by atoms with Gasteiger partial charge in [0, 0.05) is 12.4 Å². The number of aryl methyl sites for hydroxylation is 1. The quantitative estimate of drug-likeness (QED) is 0.410. The topological polar surface area (TPSA) is 48.6 Å². The highest BCUT2D eigenvalue weighted by Crippen LogP contribution is 2.21. The van der Waals surface area contributed by atoms with E-state index >= 15 is 0 Å². The van der Waals surface area contributed by atoms with Crippen LogP contribution in [0.5, 0.6) is 5.75 Å². The van der Waals surface area contributed by atoms with Gasteiger partial charge >= 0.3 is 0 Å². The first-order valence-electron chi connectivity index (χ1n) is 7.65. The van der Waals surface area contributed by atoms with Gasteiger partial charge in [-0.3, -0.25) is 4.57 Å². The molecule has 0 fully saturated rings. The first-order chi connectivity index (χ1) is 11.8. The van der Waals surface area contributed by atoms with Gasteiger partial charge < -0.3 is 9.57 Å². The molecule has 2 aromatic carbocycles. The number of rotatable bonds is 5. The summed E-state index contributed by atoms with van der Waals surface area (Å²) in [5.74, 6) is 1.36. The van der Waals surface area contributed by atoms with Crippen molar-refractivity contribution in [1.82, 2.24) is 9.55 Å². The van der Waals surface area contributed by atoms with Gasteiger partial charge in [0.25, 0.3) is 0 Å². The van der Waals surface area contributed by atoms with Crippen molar-refractivity contribution in [2.45, 2.75) is 13.5 Å². The van der Waals surface area contributed by atoms with Gasteiger partial charge in [0.05, 0.1) is 5.56 Å². The standard InChI is InChI=1S/C19H19N3O2/c1-15-7-9-16(10-8-15)13-24-18-6-4-3-5-17(18)19(21-23-2)22-12-11-20-14-22/h3-12,14H,13H2,1-2H3/b21-19-. The van der Waals surface area contributed by atoms with Crippen LogP contribution in [0, 0.1) is 6.92 Å². The highest BCUT2D eigenvalue weighted by atomic mass is 16.6. The molecule has 5 nitrogen and oxygen atoms in total. The van der Waals surface area contributed by atoms with Crippen LogP contribution in [0.1, 0.15) is 16.7 Å². The largest absolute Gasteiger partial charge is 0.488 e. The monoisotopic (exact) mass is 321 g/mol. The van der Waals surface area contributed by atoms with Crippen molar-refractivity contribution in [1.29, 1.82) is 0 Å². The Hall–Kier alpha value is -3.08. The molecule has 0 spiro atoms. The maximum Gasteiger partial charge on any atom is 0.188 e. The molecule has 0 saturated carbocycles. The van der Waals surface area contributed by atoms with Crippen LogP contribution in [0.2, 0.25) is 0 Å². The Bertz CT molecular complexity index is 809. The van der Waals surface area contributed by atoms with Crippen molar-refractivity contribution < 1.29 is 9.57 Å². The van der Waals surface area contributed by atoms with Crippen molar-refractivity contribution in [3.8, 4) is 5.75 Å². The van der Waals surface area contributed by atoms with Gasteiger partial charge in [0.1, 0.15) is 25.8 Å². The van der Waals surface area contributed by atoms with Gasteiger partial charge in [-0.25, -0.2) is 4.98 Å². The predicted octanol–water partition coefficient (Wildman–Crippen LogP) is 3.63. The molecule has 1 heterocycles. The Morgan fingerprint density at radius 1 is 1.12 bits per heavy atom. The van der Waals surface area contributed by atoms with Gasteiger partial charge in [-0.1, -0.05) is 47.1 Å². The van der Waals surface area contributed by atoms with E-state index in [9.17, 15) is 0 Å². The van der Waals surface area contributed by atoms with Crippen LogP contribution in [0.25, 0.3) is 0 Å². The Morgan fingerprint density at radius 2 is 1.92 bits per heavy atom. The molecule has 122 valence electrons. The van der Waals surface area contributed by atoms with Crippen LogP contribution in [-0.2, 0) is 11.4 Å². The summed E-state index contributed by atoms with van der Waals surface area (Å²) in [6, 6.07) is 16.0. The van der Waals surface area contributed by atoms with Gasteiger partial charge in [0.2, 0.25) is 0 Å². The van der Waals surface area contributed by atoms with E-state index < -0.39 is 0 Å². The number of ether oxygens (including phenoxy) is 1. The highest BCUT2D eigenvalue weighted by Gasteiger charge is 2.13. The predicted molar refractivity (Wildman–Crippen MR) is 93.1 cm³/mol. The van der Waals surface area contributed by atoms with Crippen LogP contribution in [0.3, 0.4) is 0 Å². The van der Waals surface area contributed by atoms with E-state index in [1.807, 2.05) is 30.5 Å². The third-order valence-electron chi connectivity index (χ3n) is 3.57. The van der Waals surface area contributed by atoms with Gasteiger partial charge in [-0.2, -0.15) is 0 Å². The Balaban J connectivity index is 1.87. The minimum absolute atomic E-state index is 0.488. The number of hydrogen-bond acceptors (Lipinski definition) is 4. The molecule has 24 heavy (non-hydrogen) atoms. The molecule has 0 unspecified atom stereocenters. The molecule has 0 saturated heterocycles. The average Bonchev–Trinajstić information content (AvgIpc) is 3.14. The van der Waals surface area contributed by atoms with E-state index in [1.165, 1.54) is 12.7 Å². The molecule has 3 rings (SSSR count). The summed E-state index contributed by atoms with van der Waals surface area (Å²) in [5.41, 5.74) is 3.18. The van der Waals surface area contributed by atoms with Crippen molar-refractivity contribution >= 4 is 5.84 Å². The minimum Gasteiger partial charge on any atom is -0.488 e. The second-order valence-corrected chi connectivity index (χ2v) is 5.34. The number of benzene rings is 2. The molecule has 1 aromatic heterocycles. The van der Waals surface area contributed by atoms with Gasteiger partial charge in [-0.15, -0.1) is 0 Å².